The first-order chi connectivity index (χ1) is 39.9. The molecule has 0 saturated heterocycles. The average Bonchev–Trinajstić information content (AvgIpc) is 3.67. The Hall–Kier alpha value is -9.04. The van der Waals surface area contributed by atoms with Crippen molar-refractivity contribution in [3.8, 4) is 56.0 Å². The van der Waals surface area contributed by atoms with E-state index in [1.807, 2.05) is 53.4 Å². The van der Waals surface area contributed by atoms with Crippen LogP contribution in [0.2, 0.25) is 0 Å². The van der Waals surface area contributed by atoms with Gasteiger partial charge in [-0.1, -0.05) is 164 Å². The van der Waals surface area contributed by atoms with E-state index in [4.69, 9.17) is 4.74 Å². The number of alkyl halides is 6. The van der Waals surface area contributed by atoms with Gasteiger partial charge >= 0.3 is 12.4 Å². The van der Waals surface area contributed by atoms with Gasteiger partial charge in [0.2, 0.25) is 0 Å². The fourth-order valence-corrected chi connectivity index (χ4v) is 11.2. The summed E-state index contributed by atoms with van der Waals surface area (Å²) in [7, 11) is 0. The summed E-state index contributed by atoms with van der Waals surface area (Å²) in [6.07, 6.45) is -8.88. The number of rotatable bonds is 7. The minimum absolute atomic E-state index is 0. The van der Waals surface area contributed by atoms with Crippen LogP contribution in [0.4, 0.5) is 77.5 Å². The number of benzene rings is 12. The Morgan fingerprint density at radius 1 is 0.298 bits per heavy atom. The van der Waals surface area contributed by atoms with Gasteiger partial charge in [-0.3, -0.25) is 4.90 Å². The Labute approximate surface area is 503 Å². The van der Waals surface area contributed by atoms with Crippen LogP contribution in [0.5, 0.6) is 11.5 Å². The minimum atomic E-state index is -4.44. The summed E-state index contributed by atoms with van der Waals surface area (Å²) in [6.45, 7) is 0. The highest BCUT2D eigenvalue weighted by molar-refractivity contribution is 5.92. The summed E-state index contributed by atoms with van der Waals surface area (Å²) >= 11 is 0. The largest absolute Gasteiger partial charge is 1.00 e. The number of nitrogens with one attached hydrogen (secondary N) is 2. The van der Waals surface area contributed by atoms with E-state index in [2.05, 4.69) is 188 Å². The minimum Gasteiger partial charge on any atom is -1.00 e. The highest BCUT2D eigenvalue weighted by Crippen LogP contribution is 2.47. The number of ether oxygens (including phenoxy) is 1. The highest BCUT2D eigenvalue weighted by Gasteiger charge is 2.38. The molecule has 0 atom stereocenters. The molecule has 12 heteroatoms. The lowest BCUT2D eigenvalue weighted by atomic mass is 9.98. The lowest BCUT2D eigenvalue weighted by Crippen LogP contribution is -3.00. The Morgan fingerprint density at radius 2 is 0.667 bits per heavy atom. The molecule has 14 rings (SSSR count). The van der Waals surface area contributed by atoms with Gasteiger partial charge in [0.1, 0.15) is 22.7 Å². The van der Waals surface area contributed by atoms with E-state index in [9.17, 15) is 26.3 Å². The van der Waals surface area contributed by atoms with Crippen LogP contribution in [0.25, 0.3) is 55.3 Å². The Kier molecular flexibility index (Phi) is 16.0. The summed E-state index contributed by atoms with van der Waals surface area (Å²) in [5.41, 5.74) is 15.5. The number of quaternary nitrogens is 2. The van der Waals surface area contributed by atoms with Crippen molar-refractivity contribution in [2.75, 3.05) is 4.90 Å². The molecule has 2 aliphatic rings. The number of para-hydroxylation sites is 4. The maximum atomic E-state index is 13.1. The molecule has 2 N–H and O–H groups in total. The van der Waals surface area contributed by atoms with Crippen LogP contribution in [0, 0.1) is 0 Å². The number of anilines is 3. The van der Waals surface area contributed by atoms with Gasteiger partial charge < -0.3 is 38.7 Å². The van der Waals surface area contributed by atoms with Crippen molar-refractivity contribution in [3.05, 3.63) is 296 Å². The molecule has 0 amide bonds. The monoisotopic (exact) mass is 1240 g/mol. The molecule has 4 nitrogen and oxygen atoms in total. The maximum Gasteiger partial charge on any atom is 0.416 e. The fourth-order valence-electron chi connectivity index (χ4n) is 11.2. The second-order valence-corrected chi connectivity index (χ2v) is 20.2. The number of nitrogens with zero attached hydrogens (tertiary/aromatic N) is 1. The van der Waals surface area contributed by atoms with Gasteiger partial charge in [-0.25, -0.2) is 9.80 Å². The van der Waals surface area contributed by atoms with Gasteiger partial charge in [-0.15, -0.1) is 0 Å². The number of hydrogen-bond acceptors (Lipinski definition) is 2. The van der Waals surface area contributed by atoms with Crippen molar-refractivity contribution >= 4 is 62.0 Å². The SMILES string of the molecule is FC(F)(F)c1ccc(N2c3ccccc3[NH+](c3ccc(C(F)(F)F)cc3)c3ccccc32)cc1.[Br-].[Br-].c1ccc(-c2ccc(-c3ccc4c(c3)Oc3cc(-c5ccc(-c6ccccc6)cc5)ccc3[NH+]4c3cccc4ccccc34)cc2)cc1. The average molecular weight is 1250 g/mol. The normalized spacial score (nSPS) is 12.7. The van der Waals surface area contributed by atoms with Gasteiger partial charge in [0.25, 0.3) is 0 Å². The zero-order valence-electron chi connectivity index (χ0n) is 44.5. The van der Waals surface area contributed by atoms with E-state index in [1.165, 1.54) is 67.9 Å². The Balaban J connectivity index is 0.000000181. The lowest BCUT2D eigenvalue weighted by molar-refractivity contribution is -0.682. The van der Waals surface area contributed by atoms with Crippen molar-refractivity contribution in [2.45, 2.75) is 12.4 Å². The van der Waals surface area contributed by atoms with Gasteiger partial charge in [-0.05, 0) is 129 Å². The molecule has 0 spiro atoms. The summed E-state index contributed by atoms with van der Waals surface area (Å²) in [5.74, 6) is 1.73. The molecule has 2 aliphatic heterocycles. The quantitative estimate of drug-likeness (QED) is 0.155. The van der Waals surface area contributed by atoms with E-state index >= 15 is 0 Å². The standard InChI is InChI=1S/C46H31NO.C26H16F6N2.2BrH/c1-3-10-32(11-4-1)34-18-22-36(23-19-34)39-26-28-43-45(30-39)48-46-31-40(37-24-20-35(21-25-37)33-12-5-2-6-13-33)27-29-44(46)47(43)42-17-9-15-38-14-7-8-16-41(38)42;27-25(28,29)17-9-13-19(14-10-17)33-21-5-1-2-6-22(21)34(24-8-4-3-7-23(24)33)20-15-11-18(12-16-20)26(30,31)32;;/h1-31H;1-16H;2*1H. The van der Waals surface area contributed by atoms with Crippen LogP contribution < -0.4 is 53.4 Å². The van der Waals surface area contributed by atoms with Gasteiger partial charge in [0.15, 0.2) is 34.2 Å². The third kappa shape index (κ3) is 11.2. The first-order valence-corrected chi connectivity index (χ1v) is 26.8. The van der Waals surface area contributed by atoms with E-state index in [0.717, 1.165) is 97.0 Å². The zero-order chi connectivity index (χ0) is 56.0. The van der Waals surface area contributed by atoms with E-state index in [1.54, 1.807) is 0 Å². The van der Waals surface area contributed by atoms with E-state index in [0.29, 0.717) is 11.4 Å². The lowest BCUT2D eigenvalue weighted by Gasteiger charge is -2.35. The topological polar surface area (TPSA) is 21.4 Å². The van der Waals surface area contributed by atoms with Crippen molar-refractivity contribution in [1.29, 1.82) is 0 Å². The van der Waals surface area contributed by atoms with Crippen molar-refractivity contribution in [3.63, 3.8) is 0 Å². The third-order valence-electron chi connectivity index (χ3n) is 15.2. The van der Waals surface area contributed by atoms with Gasteiger partial charge in [0.05, 0.1) is 11.1 Å². The van der Waals surface area contributed by atoms with Crippen LogP contribution >= 0.6 is 0 Å². The van der Waals surface area contributed by atoms with Crippen molar-refractivity contribution in [1.82, 2.24) is 0 Å². The molecule has 84 heavy (non-hydrogen) atoms. The highest BCUT2D eigenvalue weighted by atomic mass is 79.9. The molecule has 0 aliphatic carbocycles. The molecule has 12 aromatic carbocycles. The smallest absolute Gasteiger partial charge is 0.416 e. The second-order valence-electron chi connectivity index (χ2n) is 20.2. The van der Waals surface area contributed by atoms with E-state index in [-0.39, 0.29) is 34.0 Å². The molecule has 0 fully saturated rings. The van der Waals surface area contributed by atoms with Gasteiger partial charge in [-0.2, -0.15) is 26.3 Å². The molecule has 0 bridgehead atoms. The number of hydrogen-bond donors (Lipinski definition) is 2. The maximum absolute atomic E-state index is 13.1. The molecule has 414 valence electrons. The molecule has 0 radical (unpaired) electrons. The first-order valence-electron chi connectivity index (χ1n) is 26.8. The van der Waals surface area contributed by atoms with Crippen LogP contribution in [0.3, 0.4) is 0 Å². The second kappa shape index (κ2) is 23.7. The summed E-state index contributed by atoms with van der Waals surface area (Å²) in [5, 5.41) is 2.46. The van der Waals surface area contributed by atoms with E-state index < -0.39 is 23.5 Å². The van der Waals surface area contributed by atoms with Crippen LogP contribution in [0.15, 0.2) is 285 Å². The predicted octanol–water partition coefficient (Wildman–Crippen LogP) is 13.5. The molecule has 0 aromatic heterocycles. The third-order valence-corrected chi connectivity index (χ3v) is 15.2. The Morgan fingerprint density at radius 3 is 1.14 bits per heavy atom. The molecule has 2 heterocycles. The predicted molar refractivity (Wildman–Crippen MR) is 316 cm³/mol. The van der Waals surface area contributed by atoms with Crippen LogP contribution in [0.1, 0.15) is 11.1 Å². The van der Waals surface area contributed by atoms with Crippen molar-refractivity contribution in [2.24, 2.45) is 0 Å². The molecule has 0 unspecified atom stereocenters. The summed E-state index contributed by atoms with van der Waals surface area (Å²) < 4.78 is 85.4. The summed E-state index contributed by atoms with van der Waals surface area (Å²) in [4.78, 5) is 3.81. The molecular weight excluding hydrogens is 1200 g/mol. The zero-order valence-corrected chi connectivity index (χ0v) is 47.7. The van der Waals surface area contributed by atoms with Crippen LogP contribution in [-0.4, -0.2) is 0 Å². The number of halogens is 8. The molecular formula is C72H49Br2F6N3O. The summed E-state index contributed by atoms with van der Waals surface area (Å²) in [6, 6.07) is 91.7. The number of fused-ring (bicyclic) bond motifs is 5. The van der Waals surface area contributed by atoms with Gasteiger partial charge in [0, 0.05) is 53.5 Å². The molecule has 0 saturated carbocycles. The molecule has 12 aromatic rings. The van der Waals surface area contributed by atoms with Crippen molar-refractivity contribution < 1.29 is 74.8 Å². The van der Waals surface area contributed by atoms with Crippen LogP contribution in [-0.2, 0) is 12.4 Å². The Bertz CT molecular complexity index is 3990. The first kappa shape index (κ1) is 56.8. The fraction of sp³-hybridized carbons (Fsp3) is 0.0278.